The molecule has 1 aromatic rings. The van der Waals surface area contributed by atoms with Crippen LogP contribution in [0, 0.1) is 5.82 Å². The Morgan fingerprint density at radius 2 is 2.05 bits per heavy atom. The maximum Gasteiger partial charge on any atom is 0.261 e. The Labute approximate surface area is 110 Å². The number of rotatable bonds is 4. The number of halogens is 1. The van der Waals surface area contributed by atoms with Gasteiger partial charge in [0.15, 0.2) is 6.61 Å². The summed E-state index contributed by atoms with van der Waals surface area (Å²) >= 11 is 0. The predicted octanol–water partition coefficient (Wildman–Crippen LogP) is 0.681. The van der Waals surface area contributed by atoms with Crippen LogP contribution in [0.4, 0.5) is 4.39 Å². The summed E-state index contributed by atoms with van der Waals surface area (Å²) in [5.74, 6) is -0.741. The van der Waals surface area contributed by atoms with Crippen molar-refractivity contribution in [1.82, 2.24) is 4.90 Å². The maximum absolute atomic E-state index is 12.7. The van der Waals surface area contributed by atoms with Gasteiger partial charge in [0.2, 0.25) is 5.91 Å². The fraction of sp³-hybridized carbons (Fsp3) is 0.385. The van der Waals surface area contributed by atoms with Crippen LogP contribution in [-0.4, -0.2) is 35.9 Å². The molecule has 1 unspecified atom stereocenters. The minimum absolute atomic E-state index is 0.185. The second-order valence-electron chi connectivity index (χ2n) is 4.39. The highest BCUT2D eigenvalue weighted by Gasteiger charge is 2.32. The third-order valence-corrected chi connectivity index (χ3v) is 3.08. The molecule has 1 heterocycles. The van der Waals surface area contributed by atoms with E-state index in [4.69, 9.17) is 10.5 Å². The Morgan fingerprint density at radius 1 is 1.37 bits per heavy atom. The summed E-state index contributed by atoms with van der Waals surface area (Å²) in [5.41, 5.74) is 5.23. The van der Waals surface area contributed by atoms with E-state index in [1.807, 2.05) is 0 Å². The van der Waals surface area contributed by atoms with Crippen LogP contribution in [-0.2, 0) is 9.59 Å². The summed E-state index contributed by atoms with van der Waals surface area (Å²) in [6.45, 7) is 0.328. The highest BCUT2D eigenvalue weighted by molar-refractivity contribution is 5.87. The van der Waals surface area contributed by atoms with Gasteiger partial charge in [0, 0.05) is 6.54 Å². The number of hydrogen-bond acceptors (Lipinski definition) is 3. The summed E-state index contributed by atoms with van der Waals surface area (Å²) in [6, 6.07) is 4.85. The number of likely N-dealkylation sites (tertiary alicyclic amines) is 1. The van der Waals surface area contributed by atoms with Crippen LogP contribution in [0.5, 0.6) is 5.75 Å². The molecule has 1 aliphatic rings. The van der Waals surface area contributed by atoms with Crippen LogP contribution in [0.15, 0.2) is 24.3 Å². The van der Waals surface area contributed by atoms with Crippen LogP contribution in [0.25, 0.3) is 0 Å². The number of hydrogen-bond donors (Lipinski definition) is 1. The molecule has 0 saturated carbocycles. The molecule has 1 aromatic carbocycles. The number of carbonyl (C=O) groups excluding carboxylic acids is 2. The number of amides is 2. The summed E-state index contributed by atoms with van der Waals surface area (Å²) in [6.07, 6.45) is 1.35. The van der Waals surface area contributed by atoms with Crippen LogP contribution in [0.2, 0.25) is 0 Å². The Kier molecular flexibility index (Phi) is 3.99. The average Bonchev–Trinajstić information content (AvgIpc) is 2.87. The van der Waals surface area contributed by atoms with Gasteiger partial charge in [-0.2, -0.15) is 0 Å². The molecule has 1 saturated heterocycles. The van der Waals surface area contributed by atoms with Gasteiger partial charge in [-0.25, -0.2) is 4.39 Å². The predicted molar refractivity (Wildman–Crippen MR) is 65.8 cm³/mol. The van der Waals surface area contributed by atoms with Gasteiger partial charge in [-0.3, -0.25) is 9.59 Å². The molecule has 2 amide bonds. The molecule has 0 bridgehead atoms. The number of nitrogens with zero attached hydrogens (tertiary/aromatic N) is 1. The molecule has 5 nitrogen and oxygen atoms in total. The first-order chi connectivity index (χ1) is 9.08. The van der Waals surface area contributed by atoms with E-state index in [1.54, 1.807) is 0 Å². The first-order valence-electron chi connectivity index (χ1n) is 6.05. The summed E-state index contributed by atoms with van der Waals surface area (Å²) < 4.78 is 17.9. The number of ether oxygens (including phenoxy) is 1. The highest BCUT2D eigenvalue weighted by Crippen LogP contribution is 2.17. The smallest absolute Gasteiger partial charge is 0.261 e. The van der Waals surface area contributed by atoms with Crippen LogP contribution in [0.1, 0.15) is 12.8 Å². The van der Waals surface area contributed by atoms with Crippen molar-refractivity contribution >= 4 is 11.8 Å². The van der Waals surface area contributed by atoms with E-state index in [0.29, 0.717) is 18.7 Å². The van der Waals surface area contributed by atoms with Gasteiger partial charge in [-0.1, -0.05) is 0 Å². The zero-order valence-corrected chi connectivity index (χ0v) is 10.3. The van der Waals surface area contributed by atoms with Gasteiger partial charge < -0.3 is 15.4 Å². The summed E-state index contributed by atoms with van der Waals surface area (Å²) in [5, 5.41) is 0. The third-order valence-electron chi connectivity index (χ3n) is 3.08. The Hall–Kier alpha value is -2.11. The van der Waals surface area contributed by atoms with Crippen molar-refractivity contribution in [2.45, 2.75) is 18.9 Å². The van der Waals surface area contributed by atoms with Gasteiger partial charge in [-0.05, 0) is 37.1 Å². The van der Waals surface area contributed by atoms with Crippen molar-refractivity contribution in [3.63, 3.8) is 0 Å². The SMILES string of the molecule is NC(=O)C1CCCN1C(=O)COc1ccc(F)cc1. The van der Waals surface area contributed by atoms with Crippen LogP contribution in [0.3, 0.4) is 0 Å². The molecule has 0 spiro atoms. The van der Waals surface area contributed by atoms with Crippen molar-refractivity contribution < 1.29 is 18.7 Å². The zero-order valence-electron chi connectivity index (χ0n) is 10.3. The number of benzene rings is 1. The van der Waals surface area contributed by atoms with Crippen molar-refractivity contribution in [2.24, 2.45) is 5.73 Å². The second-order valence-corrected chi connectivity index (χ2v) is 4.39. The molecule has 102 valence electrons. The minimum Gasteiger partial charge on any atom is -0.484 e. The molecule has 0 aliphatic carbocycles. The number of carbonyl (C=O) groups is 2. The van der Waals surface area contributed by atoms with Crippen LogP contribution >= 0.6 is 0 Å². The Morgan fingerprint density at radius 3 is 2.68 bits per heavy atom. The largest absolute Gasteiger partial charge is 0.484 e. The molecule has 0 radical (unpaired) electrons. The summed E-state index contributed by atoms with van der Waals surface area (Å²) in [7, 11) is 0. The van der Waals surface area contributed by atoms with Gasteiger partial charge in [-0.15, -0.1) is 0 Å². The molecule has 2 N–H and O–H groups in total. The number of nitrogens with two attached hydrogens (primary N) is 1. The van der Waals surface area contributed by atoms with E-state index in [9.17, 15) is 14.0 Å². The fourth-order valence-corrected chi connectivity index (χ4v) is 2.12. The molecule has 0 aromatic heterocycles. The fourth-order valence-electron chi connectivity index (χ4n) is 2.12. The summed E-state index contributed by atoms with van der Waals surface area (Å²) in [4.78, 5) is 24.5. The maximum atomic E-state index is 12.7. The van der Waals surface area contributed by atoms with Crippen LogP contribution < -0.4 is 10.5 Å². The van der Waals surface area contributed by atoms with E-state index in [0.717, 1.165) is 6.42 Å². The highest BCUT2D eigenvalue weighted by atomic mass is 19.1. The van der Waals surface area contributed by atoms with Crippen molar-refractivity contribution in [2.75, 3.05) is 13.2 Å². The first-order valence-corrected chi connectivity index (χ1v) is 6.05. The lowest BCUT2D eigenvalue weighted by Gasteiger charge is -2.22. The molecule has 1 atom stereocenters. The Bertz CT molecular complexity index is 475. The second kappa shape index (κ2) is 5.69. The van der Waals surface area contributed by atoms with E-state index in [-0.39, 0.29) is 18.3 Å². The molecule has 1 fully saturated rings. The zero-order chi connectivity index (χ0) is 13.8. The molecule has 2 rings (SSSR count). The quantitative estimate of drug-likeness (QED) is 0.871. The van der Waals surface area contributed by atoms with Crippen molar-refractivity contribution in [1.29, 1.82) is 0 Å². The molecular formula is C13H15FN2O3. The van der Waals surface area contributed by atoms with Crippen molar-refractivity contribution in [3.05, 3.63) is 30.1 Å². The lowest BCUT2D eigenvalue weighted by atomic mass is 10.2. The van der Waals surface area contributed by atoms with Crippen molar-refractivity contribution in [3.8, 4) is 5.75 Å². The lowest BCUT2D eigenvalue weighted by Crippen LogP contribution is -2.45. The van der Waals surface area contributed by atoms with E-state index >= 15 is 0 Å². The minimum atomic E-state index is -0.538. The number of primary amides is 1. The average molecular weight is 266 g/mol. The van der Waals surface area contributed by atoms with Gasteiger partial charge >= 0.3 is 0 Å². The van der Waals surface area contributed by atoms with E-state index in [1.165, 1.54) is 29.2 Å². The van der Waals surface area contributed by atoms with E-state index in [2.05, 4.69) is 0 Å². The van der Waals surface area contributed by atoms with E-state index < -0.39 is 11.9 Å². The normalized spacial score (nSPS) is 18.4. The third kappa shape index (κ3) is 3.21. The first kappa shape index (κ1) is 13.3. The molecule has 19 heavy (non-hydrogen) atoms. The molecule has 6 heteroatoms. The lowest BCUT2D eigenvalue weighted by molar-refractivity contribution is -0.138. The van der Waals surface area contributed by atoms with Gasteiger partial charge in [0.05, 0.1) is 0 Å². The topological polar surface area (TPSA) is 72.6 Å². The standard InChI is InChI=1S/C13H15FN2O3/c14-9-3-5-10(6-4-9)19-8-12(17)16-7-1-2-11(16)13(15)18/h3-6,11H,1-2,7-8H2,(H2,15,18). The Balaban J connectivity index is 1.90. The molecule has 1 aliphatic heterocycles. The monoisotopic (exact) mass is 266 g/mol. The van der Waals surface area contributed by atoms with Gasteiger partial charge in [0.25, 0.3) is 5.91 Å². The van der Waals surface area contributed by atoms with Gasteiger partial charge in [0.1, 0.15) is 17.6 Å². The molecular weight excluding hydrogens is 251 g/mol.